The molecule has 0 amide bonds. The van der Waals surface area contributed by atoms with E-state index in [0.717, 1.165) is 0 Å². The minimum atomic E-state index is 1.19. The molecule has 0 fully saturated rings. The second-order valence-corrected chi connectivity index (χ2v) is 5.06. The van der Waals surface area contributed by atoms with Crippen LogP contribution in [-0.4, -0.2) is 0 Å². The van der Waals surface area contributed by atoms with Crippen LogP contribution in [0.3, 0.4) is 0 Å². The van der Waals surface area contributed by atoms with Crippen LogP contribution in [0.15, 0.2) is 34.9 Å². The third kappa shape index (κ3) is 10.1. The van der Waals surface area contributed by atoms with Crippen molar-refractivity contribution >= 4 is 0 Å². The highest BCUT2D eigenvalue weighted by molar-refractivity contribution is 5.05. The second kappa shape index (κ2) is 10.4. The maximum atomic E-state index is 2.40. The van der Waals surface area contributed by atoms with Gasteiger partial charge in [0.1, 0.15) is 0 Å². The van der Waals surface area contributed by atoms with Gasteiger partial charge in [0.05, 0.1) is 0 Å². The molecule has 0 unspecified atom stereocenters. The smallest absolute Gasteiger partial charge is 0.0288 e. The topological polar surface area (TPSA) is 0 Å². The minimum absolute atomic E-state index is 1.19. The predicted octanol–water partition coefficient (Wildman–Crippen LogP) is 6.21. The van der Waals surface area contributed by atoms with Gasteiger partial charge in [-0.3, -0.25) is 0 Å². The van der Waals surface area contributed by atoms with Crippen molar-refractivity contribution < 1.29 is 0 Å². The zero-order valence-corrected chi connectivity index (χ0v) is 12.5. The first kappa shape index (κ1) is 16.2. The molecule has 0 aromatic heterocycles. The zero-order chi connectivity index (χ0) is 13.1. The molecule has 0 saturated heterocycles. The van der Waals surface area contributed by atoms with Crippen molar-refractivity contribution in [3.05, 3.63) is 34.9 Å². The third-order valence-corrected chi connectivity index (χ3v) is 3.20. The van der Waals surface area contributed by atoms with E-state index in [0.29, 0.717) is 0 Å². The summed E-state index contributed by atoms with van der Waals surface area (Å²) < 4.78 is 0. The quantitative estimate of drug-likeness (QED) is 0.438. The summed E-state index contributed by atoms with van der Waals surface area (Å²) in [6.07, 6.45) is 14.3. The van der Waals surface area contributed by atoms with Crippen LogP contribution < -0.4 is 0 Å². The largest absolute Gasteiger partial charge is 0.0887 e. The summed E-state index contributed by atoms with van der Waals surface area (Å²) in [6.45, 7) is 11.1. The van der Waals surface area contributed by atoms with Crippen molar-refractivity contribution in [2.24, 2.45) is 0 Å². The van der Waals surface area contributed by atoms with Crippen LogP contribution >= 0.6 is 0 Å². The van der Waals surface area contributed by atoms with Gasteiger partial charge in [-0.25, -0.2) is 0 Å². The molecular weight excluding hydrogens is 204 g/mol. The Bertz CT molecular complexity index is 276. The molecule has 0 radical (unpaired) electrons. The molecule has 0 saturated carbocycles. The standard InChI is InChI=1S/C17H30/c1-6-10-16(4)12-9-14-17(5)13-8-11-15(3)7-2/h7,12-13H,6,8-11,14H2,1-5H3. The molecule has 17 heavy (non-hydrogen) atoms. The molecule has 0 aromatic rings. The van der Waals surface area contributed by atoms with Gasteiger partial charge in [0.25, 0.3) is 0 Å². The summed E-state index contributed by atoms with van der Waals surface area (Å²) in [7, 11) is 0. The molecule has 0 aromatic carbocycles. The zero-order valence-electron chi connectivity index (χ0n) is 12.5. The van der Waals surface area contributed by atoms with Crippen molar-refractivity contribution in [1.82, 2.24) is 0 Å². The fourth-order valence-electron chi connectivity index (χ4n) is 1.84. The first-order valence-electron chi connectivity index (χ1n) is 7.03. The van der Waals surface area contributed by atoms with E-state index in [-0.39, 0.29) is 0 Å². The van der Waals surface area contributed by atoms with Crippen LogP contribution in [-0.2, 0) is 0 Å². The van der Waals surface area contributed by atoms with Gasteiger partial charge in [0.15, 0.2) is 0 Å². The lowest BCUT2D eigenvalue weighted by Crippen LogP contribution is -1.81. The molecular formula is C17H30. The van der Waals surface area contributed by atoms with Crippen molar-refractivity contribution in [2.75, 3.05) is 0 Å². The minimum Gasteiger partial charge on any atom is -0.0887 e. The summed E-state index contributed by atoms with van der Waals surface area (Å²) in [6, 6.07) is 0. The van der Waals surface area contributed by atoms with Gasteiger partial charge in [-0.2, -0.15) is 0 Å². The molecule has 0 aliphatic rings. The van der Waals surface area contributed by atoms with E-state index in [2.05, 4.69) is 52.8 Å². The summed E-state index contributed by atoms with van der Waals surface area (Å²) in [5, 5.41) is 0. The lowest BCUT2D eigenvalue weighted by Gasteiger charge is -2.01. The average molecular weight is 234 g/mol. The molecule has 0 aliphatic heterocycles. The number of rotatable bonds is 8. The predicted molar refractivity (Wildman–Crippen MR) is 80.3 cm³/mol. The molecule has 0 heterocycles. The first-order chi connectivity index (χ1) is 8.10. The molecule has 0 rings (SSSR count). The van der Waals surface area contributed by atoms with Crippen LogP contribution in [0.25, 0.3) is 0 Å². The van der Waals surface area contributed by atoms with E-state index in [9.17, 15) is 0 Å². The van der Waals surface area contributed by atoms with E-state index in [4.69, 9.17) is 0 Å². The lowest BCUT2D eigenvalue weighted by molar-refractivity contribution is 0.875. The molecule has 0 N–H and O–H groups in total. The maximum Gasteiger partial charge on any atom is -0.0288 e. The molecule has 0 atom stereocenters. The van der Waals surface area contributed by atoms with Crippen molar-refractivity contribution in [2.45, 2.75) is 73.1 Å². The fraction of sp³-hybridized carbons (Fsp3) is 0.647. The summed E-state index contributed by atoms with van der Waals surface area (Å²) >= 11 is 0. The van der Waals surface area contributed by atoms with Crippen LogP contribution in [0.2, 0.25) is 0 Å². The normalized spacial score (nSPS) is 14.3. The highest BCUT2D eigenvalue weighted by Crippen LogP contribution is 2.12. The van der Waals surface area contributed by atoms with Gasteiger partial charge in [0.2, 0.25) is 0 Å². The summed E-state index contributed by atoms with van der Waals surface area (Å²) in [5.74, 6) is 0. The Hall–Kier alpha value is -0.780. The van der Waals surface area contributed by atoms with Crippen molar-refractivity contribution in [3.8, 4) is 0 Å². The Kier molecular flexibility index (Phi) is 9.90. The van der Waals surface area contributed by atoms with Gasteiger partial charge < -0.3 is 0 Å². The molecule has 98 valence electrons. The van der Waals surface area contributed by atoms with E-state index in [1.165, 1.54) is 49.7 Å². The maximum absolute atomic E-state index is 2.40. The Morgan fingerprint density at radius 3 is 1.71 bits per heavy atom. The summed E-state index contributed by atoms with van der Waals surface area (Å²) in [5.41, 5.74) is 4.58. The Balaban J connectivity index is 3.81. The van der Waals surface area contributed by atoms with Gasteiger partial charge in [0, 0.05) is 0 Å². The number of allylic oxidation sites excluding steroid dienone is 6. The van der Waals surface area contributed by atoms with E-state index in [1.807, 2.05) is 0 Å². The van der Waals surface area contributed by atoms with Crippen LogP contribution in [0.5, 0.6) is 0 Å². The molecule has 0 spiro atoms. The van der Waals surface area contributed by atoms with Gasteiger partial charge in [-0.05, 0) is 59.8 Å². The van der Waals surface area contributed by atoms with Crippen LogP contribution in [0, 0.1) is 0 Å². The highest BCUT2D eigenvalue weighted by Gasteiger charge is 1.92. The molecule has 0 nitrogen and oxygen atoms in total. The average Bonchev–Trinajstić information content (AvgIpc) is 2.29. The van der Waals surface area contributed by atoms with Crippen molar-refractivity contribution in [1.29, 1.82) is 0 Å². The Morgan fingerprint density at radius 2 is 1.24 bits per heavy atom. The summed E-state index contributed by atoms with van der Waals surface area (Å²) in [4.78, 5) is 0. The van der Waals surface area contributed by atoms with Gasteiger partial charge >= 0.3 is 0 Å². The van der Waals surface area contributed by atoms with E-state index >= 15 is 0 Å². The molecule has 0 heteroatoms. The third-order valence-electron chi connectivity index (χ3n) is 3.20. The van der Waals surface area contributed by atoms with E-state index in [1.54, 1.807) is 5.57 Å². The van der Waals surface area contributed by atoms with Crippen LogP contribution in [0.4, 0.5) is 0 Å². The number of hydrogen-bond donors (Lipinski definition) is 0. The Labute approximate surface area is 109 Å². The van der Waals surface area contributed by atoms with Gasteiger partial charge in [-0.1, -0.05) is 48.3 Å². The molecule has 0 bridgehead atoms. The van der Waals surface area contributed by atoms with Gasteiger partial charge in [-0.15, -0.1) is 0 Å². The number of hydrogen-bond acceptors (Lipinski definition) is 0. The fourth-order valence-corrected chi connectivity index (χ4v) is 1.84. The molecule has 0 aliphatic carbocycles. The highest BCUT2D eigenvalue weighted by atomic mass is 14.0. The lowest BCUT2D eigenvalue weighted by atomic mass is 10.1. The van der Waals surface area contributed by atoms with E-state index < -0.39 is 0 Å². The SMILES string of the molecule is CC=C(C)CCC=C(C)CCC=C(C)CCC. The van der Waals surface area contributed by atoms with Crippen LogP contribution in [0.1, 0.15) is 73.1 Å². The first-order valence-corrected chi connectivity index (χ1v) is 7.03. The van der Waals surface area contributed by atoms with Crippen molar-refractivity contribution in [3.63, 3.8) is 0 Å². The monoisotopic (exact) mass is 234 g/mol. The second-order valence-electron chi connectivity index (χ2n) is 5.06. The Morgan fingerprint density at radius 1 is 0.765 bits per heavy atom.